The van der Waals surface area contributed by atoms with E-state index in [0.29, 0.717) is 10.5 Å². The van der Waals surface area contributed by atoms with Crippen molar-refractivity contribution in [3.8, 4) is 0 Å². The monoisotopic (exact) mass is 246 g/mol. The highest BCUT2D eigenvalue weighted by molar-refractivity contribution is 5.60. The molecule has 0 fully saturated rings. The minimum Gasteiger partial charge on any atom is -0.269 e. The van der Waals surface area contributed by atoms with Crippen molar-refractivity contribution >= 4 is 11.3 Å². The molecule has 0 amide bonds. The van der Waals surface area contributed by atoms with Gasteiger partial charge in [-0.05, 0) is 13.0 Å². The summed E-state index contributed by atoms with van der Waals surface area (Å²) < 4.78 is 38.6. The largest absolute Gasteiger partial charge is 0.431 e. The molecule has 2 aromatic heterocycles. The van der Waals surface area contributed by atoms with Crippen molar-refractivity contribution in [1.29, 1.82) is 0 Å². The highest BCUT2D eigenvalue weighted by Gasteiger charge is 2.36. The summed E-state index contributed by atoms with van der Waals surface area (Å²) in [7, 11) is 0. The Labute approximate surface area is 91.8 Å². The molecule has 17 heavy (non-hydrogen) atoms. The lowest BCUT2D eigenvalue weighted by Crippen LogP contribution is -2.13. The highest BCUT2D eigenvalue weighted by Crippen LogP contribution is 2.32. The van der Waals surface area contributed by atoms with E-state index in [1.54, 1.807) is 0 Å². The van der Waals surface area contributed by atoms with Gasteiger partial charge in [0.15, 0.2) is 0 Å². The van der Waals surface area contributed by atoms with Gasteiger partial charge >= 0.3 is 11.9 Å². The predicted molar refractivity (Wildman–Crippen MR) is 49.4 cm³/mol. The Kier molecular flexibility index (Phi) is 2.26. The van der Waals surface area contributed by atoms with Crippen LogP contribution in [0, 0.1) is 17.0 Å². The number of nitrogens with zero attached hydrogens (tertiary/aromatic N) is 4. The average molecular weight is 246 g/mol. The number of fused-ring (bicyclic) bond motifs is 1. The van der Waals surface area contributed by atoms with Gasteiger partial charge in [-0.15, -0.1) is 10.2 Å². The first-order valence-corrected chi connectivity index (χ1v) is 4.38. The fraction of sp³-hybridized carbons (Fsp3) is 0.250. The van der Waals surface area contributed by atoms with Gasteiger partial charge in [0.1, 0.15) is 11.5 Å². The van der Waals surface area contributed by atoms with Gasteiger partial charge in [0.25, 0.3) is 0 Å². The molecule has 0 aliphatic carbocycles. The molecule has 2 heterocycles. The van der Waals surface area contributed by atoms with E-state index in [1.807, 2.05) is 0 Å². The highest BCUT2D eigenvalue weighted by atomic mass is 19.4. The lowest BCUT2D eigenvalue weighted by Gasteiger charge is -2.09. The molecule has 0 N–H and O–H groups in total. The minimum absolute atomic E-state index is 0.0592. The second kappa shape index (κ2) is 3.40. The van der Waals surface area contributed by atoms with Crippen molar-refractivity contribution < 1.29 is 18.1 Å². The number of rotatable bonds is 1. The molecule has 0 saturated carbocycles. The first kappa shape index (κ1) is 11.3. The van der Waals surface area contributed by atoms with Crippen LogP contribution in [0.4, 0.5) is 18.9 Å². The fourth-order valence-electron chi connectivity index (χ4n) is 1.49. The van der Waals surface area contributed by atoms with E-state index in [2.05, 4.69) is 10.2 Å². The Morgan fingerprint density at radius 2 is 2.00 bits per heavy atom. The number of hydrogen-bond acceptors (Lipinski definition) is 4. The number of alkyl halides is 3. The van der Waals surface area contributed by atoms with E-state index in [-0.39, 0.29) is 5.82 Å². The molecule has 0 aromatic carbocycles. The van der Waals surface area contributed by atoms with Gasteiger partial charge in [0.2, 0.25) is 5.65 Å². The molecule has 2 aromatic rings. The summed E-state index contributed by atoms with van der Waals surface area (Å²) >= 11 is 0. The van der Waals surface area contributed by atoms with Crippen LogP contribution in [0.2, 0.25) is 0 Å². The SMILES string of the molecule is Cc1nnc2c([N+](=O)[O-])ccc(C(F)(F)F)n12. The van der Waals surface area contributed by atoms with Crippen LogP contribution in [0.1, 0.15) is 11.5 Å². The maximum atomic E-state index is 12.7. The van der Waals surface area contributed by atoms with Crippen LogP contribution in [0.5, 0.6) is 0 Å². The molecule has 2 rings (SSSR count). The molecule has 0 aliphatic heterocycles. The zero-order chi connectivity index (χ0) is 12.8. The van der Waals surface area contributed by atoms with E-state index in [9.17, 15) is 23.3 Å². The summed E-state index contributed by atoms with van der Waals surface area (Å²) in [4.78, 5) is 9.83. The molecule has 0 atom stereocenters. The van der Waals surface area contributed by atoms with E-state index in [4.69, 9.17) is 0 Å². The Bertz CT molecular complexity index is 605. The van der Waals surface area contributed by atoms with Crippen LogP contribution >= 0.6 is 0 Å². The van der Waals surface area contributed by atoms with E-state index in [1.165, 1.54) is 6.92 Å². The Morgan fingerprint density at radius 1 is 1.35 bits per heavy atom. The minimum atomic E-state index is -4.62. The van der Waals surface area contributed by atoms with Crippen LogP contribution in [0.3, 0.4) is 0 Å². The molecular weight excluding hydrogens is 241 g/mol. The summed E-state index contributed by atoms with van der Waals surface area (Å²) in [6.07, 6.45) is -4.62. The average Bonchev–Trinajstić information content (AvgIpc) is 2.58. The maximum Gasteiger partial charge on any atom is 0.431 e. The van der Waals surface area contributed by atoms with Crippen LogP contribution in [-0.2, 0) is 6.18 Å². The van der Waals surface area contributed by atoms with Gasteiger partial charge in [0, 0.05) is 6.07 Å². The van der Waals surface area contributed by atoms with Crippen LogP contribution in [-0.4, -0.2) is 19.5 Å². The van der Waals surface area contributed by atoms with E-state index < -0.39 is 28.1 Å². The van der Waals surface area contributed by atoms with Gasteiger partial charge in [-0.1, -0.05) is 0 Å². The molecule has 0 saturated heterocycles. The third kappa shape index (κ3) is 1.69. The normalized spacial score (nSPS) is 12.0. The van der Waals surface area contributed by atoms with Crippen molar-refractivity contribution in [2.75, 3.05) is 0 Å². The first-order valence-electron chi connectivity index (χ1n) is 4.38. The summed E-state index contributed by atoms with van der Waals surface area (Å²) in [5.41, 5.74) is -1.97. The number of aryl methyl sites for hydroxylation is 1. The first-order chi connectivity index (χ1) is 7.82. The lowest BCUT2D eigenvalue weighted by molar-refractivity contribution is -0.383. The zero-order valence-electron chi connectivity index (χ0n) is 8.39. The van der Waals surface area contributed by atoms with Crippen LogP contribution in [0.25, 0.3) is 5.65 Å². The van der Waals surface area contributed by atoms with Crippen molar-refractivity contribution in [2.45, 2.75) is 13.1 Å². The summed E-state index contributed by atoms with van der Waals surface area (Å²) in [5, 5.41) is 17.4. The molecular formula is C8H5F3N4O2. The van der Waals surface area contributed by atoms with Crippen LogP contribution in [0.15, 0.2) is 12.1 Å². The Hall–Kier alpha value is -2.19. The topological polar surface area (TPSA) is 73.3 Å². The lowest BCUT2D eigenvalue weighted by atomic mass is 10.3. The quantitative estimate of drug-likeness (QED) is 0.569. The van der Waals surface area contributed by atoms with Crippen molar-refractivity contribution in [2.24, 2.45) is 0 Å². The van der Waals surface area contributed by atoms with E-state index >= 15 is 0 Å². The fourth-order valence-corrected chi connectivity index (χ4v) is 1.49. The van der Waals surface area contributed by atoms with Gasteiger partial charge in [0.05, 0.1) is 4.92 Å². The second-order valence-electron chi connectivity index (χ2n) is 3.26. The second-order valence-corrected chi connectivity index (χ2v) is 3.26. The molecule has 0 unspecified atom stereocenters. The zero-order valence-corrected chi connectivity index (χ0v) is 8.39. The maximum absolute atomic E-state index is 12.7. The summed E-state index contributed by atoms with van der Waals surface area (Å²) in [6, 6.07) is 1.41. The summed E-state index contributed by atoms with van der Waals surface area (Å²) in [6.45, 7) is 1.29. The molecule has 90 valence electrons. The van der Waals surface area contributed by atoms with Crippen LogP contribution < -0.4 is 0 Å². The number of aromatic nitrogens is 3. The Balaban J connectivity index is 2.87. The Morgan fingerprint density at radius 3 is 2.53 bits per heavy atom. The van der Waals surface area contributed by atoms with E-state index in [0.717, 1.165) is 6.07 Å². The molecule has 9 heteroatoms. The number of nitro groups is 1. The molecule has 0 radical (unpaired) electrons. The van der Waals surface area contributed by atoms with Crippen molar-refractivity contribution in [3.63, 3.8) is 0 Å². The van der Waals surface area contributed by atoms with Gasteiger partial charge in [-0.3, -0.25) is 14.5 Å². The third-order valence-electron chi connectivity index (χ3n) is 2.18. The smallest absolute Gasteiger partial charge is 0.269 e. The standard InChI is InChI=1S/C8H5F3N4O2/c1-4-12-13-7-5(15(16)17)2-3-6(14(4)7)8(9,10)11/h2-3H,1H3. The van der Waals surface area contributed by atoms with Gasteiger partial charge < -0.3 is 0 Å². The summed E-state index contributed by atoms with van der Waals surface area (Å²) in [5.74, 6) is -0.0592. The molecule has 0 bridgehead atoms. The number of hydrogen-bond donors (Lipinski definition) is 0. The van der Waals surface area contributed by atoms with Crippen molar-refractivity contribution in [3.05, 3.63) is 33.8 Å². The van der Waals surface area contributed by atoms with Gasteiger partial charge in [-0.2, -0.15) is 13.2 Å². The predicted octanol–water partition coefficient (Wildman–Crippen LogP) is 1.96. The number of halogens is 3. The molecule has 6 nitrogen and oxygen atoms in total. The van der Waals surface area contributed by atoms with Crippen molar-refractivity contribution in [1.82, 2.24) is 14.6 Å². The molecule has 0 aliphatic rings. The number of pyridine rings is 1. The molecule has 0 spiro atoms. The van der Waals surface area contributed by atoms with Gasteiger partial charge in [-0.25, -0.2) is 0 Å². The third-order valence-corrected chi connectivity index (χ3v) is 2.18.